The van der Waals surface area contributed by atoms with Crippen LogP contribution in [0.15, 0.2) is 0 Å². The molecule has 0 bridgehead atoms. The molecule has 0 radical (unpaired) electrons. The van der Waals surface area contributed by atoms with Crippen LogP contribution in [0.1, 0.15) is 27.2 Å². The molecule has 0 aromatic rings. The number of rotatable bonds is 4. The number of primary amides is 1. The van der Waals surface area contributed by atoms with E-state index in [1.807, 2.05) is 0 Å². The Morgan fingerprint density at radius 3 is 2.29 bits per heavy atom. The lowest BCUT2D eigenvalue weighted by Crippen LogP contribution is -2.45. The average Bonchev–Trinajstić information content (AvgIpc) is 1.97. The molecule has 6 nitrogen and oxygen atoms in total. The minimum atomic E-state index is -0.963. The molecule has 2 amide bonds. The van der Waals surface area contributed by atoms with Gasteiger partial charge < -0.3 is 11.5 Å². The van der Waals surface area contributed by atoms with Crippen molar-refractivity contribution in [3.05, 3.63) is 0 Å². The lowest BCUT2D eigenvalue weighted by molar-refractivity contribution is -0.147. The second kappa shape index (κ2) is 4.92. The Labute approximate surface area is 82.9 Å². The van der Waals surface area contributed by atoms with E-state index in [2.05, 4.69) is 5.48 Å². The number of nitrogens with two attached hydrogens (primary N) is 2. The highest BCUT2D eigenvalue weighted by Crippen LogP contribution is 2.03. The molecule has 0 spiro atoms. The van der Waals surface area contributed by atoms with Crippen molar-refractivity contribution < 1.29 is 14.4 Å². The second-order valence-corrected chi connectivity index (χ2v) is 3.96. The van der Waals surface area contributed by atoms with E-state index in [0.717, 1.165) is 0 Å². The zero-order chi connectivity index (χ0) is 11.4. The maximum Gasteiger partial charge on any atom is 0.260 e. The van der Waals surface area contributed by atoms with E-state index in [-0.39, 0.29) is 6.42 Å². The molecular formula is C8H17N3O3. The first kappa shape index (κ1) is 12.9. The van der Waals surface area contributed by atoms with Gasteiger partial charge in [0.05, 0.1) is 18.1 Å². The van der Waals surface area contributed by atoms with Crippen molar-refractivity contribution in [3.8, 4) is 0 Å². The summed E-state index contributed by atoms with van der Waals surface area (Å²) in [6.45, 7) is 5.31. The normalized spacial score (nSPS) is 13.4. The van der Waals surface area contributed by atoms with Gasteiger partial charge in [-0.15, -0.1) is 0 Å². The summed E-state index contributed by atoms with van der Waals surface area (Å²) in [6, 6.07) is -0.963. The van der Waals surface area contributed by atoms with Crippen LogP contribution >= 0.6 is 0 Å². The van der Waals surface area contributed by atoms with Crippen molar-refractivity contribution >= 4 is 11.8 Å². The van der Waals surface area contributed by atoms with Gasteiger partial charge in [0.1, 0.15) is 0 Å². The first-order chi connectivity index (χ1) is 6.22. The van der Waals surface area contributed by atoms with E-state index < -0.39 is 23.5 Å². The van der Waals surface area contributed by atoms with Crippen LogP contribution in [0.25, 0.3) is 0 Å². The third-order valence-corrected chi connectivity index (χ3v) is 1.22. The van der Waals surface area contributed by atoms with Gasteiger partial charge in [0, 0.05) is 0 Å². The Morgan fingerprint density at radius 1 is 1.43 bits per heavy atom. The predicted molar refractivity (Wildman–Crippen MR) is 50.8 cm³/mol. The molecule has 1 atom stereocenters. The number of carbonyl (C=O) groups is 2. The topological polar surface area (TPSA) is 107 Å². The van der Waals surface area contributed by atoms with E-state index in [4.69, 9.17) is 16.3 Å². The van der Waals surface area contributed by atoms with Gasteiger partial charge >= 0.3 is 0 Å². The highest BCUT2D eigenvalue weighted by atomic mass is 16.7. The van der Waals surface area contributed by atoms with Crippen LogP contribution in [0.4, 0.5) is 0 Å². The number of hydrogen-bond acceptors (Lipinski definition) is 4. The van der Waals surface area contributed by atoms with Crippen LogP contribution in [-0.2, 0) is 14.4 Å². The molecule has 0 aliphatic carbocycles. The fourth-order valence-corrected chi connectivity index (χ4v) is 0.589. The van der Waals surface area contributed by atoms with Gasteiger partial charge in [0.25, 0.3) is 5.91 Å². The molecular weight excluding hydrogens is 186 g/mol. The van der Waals surface area contributed by atoms with Gasteiger partial charge in [-0.1, -0.05) is 0 Å². The van der Waals surface area contributed by atoms with Gasteiger partial charge in [-0.3, -0.25) is 14.4 Å². The van der Waals surface area contributed by atoms with Gasteiger partial charge in [-0.2, -0.15) is 0 Å². The quantitative estimate of drug-likeness (QED) is 0.511. The number of nitrogens with one attached hydrogen (secondary N) is 1. The summed E-state index contributed by atoms with van der Waals surface area (Å²) in [5, 5.41) is 0. The number of hydroxylamine groups is 1. The maximum absolute atomic E-state index is 11.2. The third-order valence-electron chi connectivity index (χ3n) is 1.22. The standard InChI is InChI=1S/C8H17N3O3/c1-8(2,3)14-11-7(13)5(9)4-6(10)12/h5H,4,9H2,1-3H3,(H2,10,12)(H,11,13). The van der Waals surface area contributed by atoms with Crippen molar-refractivity contribution in [2.24, 2.45) is 11.5 Å². The molecule has 0 saturated heterocycles. The van der Waals surface area contributed by atoms with E-state index >= 15 is 0 Å². The van der Waals surface area contributed by atoms with E-state index in [9.17, 15) is 9.59 Å². The SMILES string of the molecule is CC(C)(C)ONC(=O)C(N)CC(N)=O. The predicted octanol–water partition coefficient (Wildman–Crippen LogP) is -0.965. The van der Waals surface area contributed by atoms with Crippen molar-refractivity contribution in [2.75, 3.05) is 0 Å². The smallest absolute Gasteiger partial charge is 0.260 e. The molecule has 0 aliphatic rings. The Balaban J connectivity index is 3.91. The maximum atomic E-state index is 11.2. The monoisotopic (exact) mass is 203 g/mol. The minimum absolute atomic E-state index is 0.195. The molecule has 5 N–H and O–H groups in total. The number of hydrogen-bond donors (Lipinski definition) is 3. The summed E-state index contributed by atoms with van der Waals surface area (Å²) < 4.78 is 0. The van der Waals surface area contributed by atoms with Gasteiger partial charge in [-0.05, 0) is 20.8 Å². The third kappa shape index (κ3) is 6.38. The van der Waals surface area contributed by atoms with Crippen LogP contribution in [0.2, 0.25) is 0 Å². The summed E-state index contributed by atoms with van der Waals surface area (Å²) in [5.41, 5.74) is 11.9. The van der Waals surface area contributed by atoms with E-state index in [0.29, 0.717) is 0 Å². The van der Waals surface area contributed by atoms with Gasteiger partial charge in [0.15, 0.2) is 0 Å². The fourth-order valence-electron chi connectivity index (χ4n) is 0.589. The second-order valence-electron chi connectivity index (χ2n) is 3.96. The molecule has 0 rings (SSSR count). The summed E-state index contributed by atoms with van der Waals surface area (Å²) in [5.74, 6) is -1.18. The Bertz CT molecular complexity index is 222. The van der Waals surface area contributed by atoms with E-state index in [1.54, 1.807) is 20.8 Å². The lowest BCUT2D eigenvalue weighted by Gasteiger charge is -2.20. The Morgan fingerprint density at radius 2 is 1.93 bits per heavy atom. The molecule has 6 heteroatoms. The molecule has 82 valence electrons. The lowest BCUT2D eigenvalue weighted by atomic mass is 10.2. The molecule has 14 heavy (non-hydrogen) atoms. The van der Waals surface area contributed by atoms with E-state index in [1.165, 1.54) is 0 Å². The van der Waals surface area contributed by atoms with Gasteiger partial charge in [-0.25, -0.2) is 5.48 Å². The van der Waals surface area contributed by atoms with Crippen LogP contribution in [-0.4, -0.2) is 23.5 Å². The molecule has 0 saturated carbocycles. The van der Waals surface area contributed by atoms with Crippen molar-refractivity contribution in [1.29, 1.82) is 0 Å². The van der Waals surface area contributed by atoms with Gasteiger partial charge in [0.2, 0.25) is 5.91 Å². The van der Waals surface area contributed by atoms with Crippen LogP contribution in [0, 0.1) is 0 Å². The van der Waals surface area contributed by atoms with Crippen molar-refractivity contribution in [1.82, 2.24) is 5.48 Å². The minimum Gasteiger partial charge on any atom is -0.370 e. The molecule has 0 aliphatic heterocycles. The van der Waals surface area contributed by atoms with Crippen LogP contribution in [0.3, 0.4) is 0 Å². The number of carbonyl (C=O) groups excluding carboxylic acids is 2. The summed E-state index contributed by atoms with van der Waals surface area (Å²) in [4.78, 5) is 26.6. The summed E-state index contributed by atoms with van der Waals surface area (Å²) >= 11 is 0. The average molecular weight is 203 g/mol. The van der Waals surface area contributed by atoms with Crippen molar-refractivity contribution in [3.63, 3.8) is 0 Å². The first-order valence-corrected chi connectivity index (χ1v) is 4.24. The molecule has 0 aromatic heterocycles. The highest BCUT2D eigenvalue weighted by Gasteiger charge is 2.19. The highest BCUT2D eigenvalue weighted by molar-refractivity contribution is 5.86. The molecule has 0 heterocycles. The molecule has 1 unspecified atom stereocenters. The summed E-state index contributed by atoms with van der Waals surface area (Å²) in [7, 11) is 0. The van der Waals surface area contributed by atoms with Crippen molar-refractivity contribution in [2.45, 2.75) is 38.8 Å². The number of amides is 2. The molecule has 0 aromatic carbocycles. The largest absolute Gasteiger partial charge is 0.370 e. The Kier molecular flexibility index (Phi) is 4.52. The Hall–Kier alpha value is -1.14. The zero-order valence-electron chi connectivity index (χ0n) is 8.66. The molecule has 0 fully saturated rings. The zero-order valence-corrected chi connectivity index (χ0v) is 8.66. The van der Waals surface area contributed by atoms with Crippen LogP contribution < -0.4 is 16.9 Å². The first-order valence-electron chi connectivity index (χ1n) is 4.24. The fraction of sp³-hybridized carbons (Fsp3) is 0.750. The summed E-state index contributed by atoms with van der Waals surface area (Å²) in [6.07, 6.45) is -0.195. The van der Waals surface area contributed by atoms with Crippen LogP contribution in [0.5, 0.6) is 0 Å².